The first kappa shape index (κ1) is 20.9. The van der Waals surface area contributed by atoms with E-state index in [-0.39, 0.29) is 6.61 Å². The van der Waals surface area contributed by atoms with Crippen molar-refractivity contribution in [2.45, 2.75) is 18.6 Å². The largest absolute Gasteiger partial charge is 0.481 e. The quantitative estimate of drug-likeness (QED) is 0.445. The van der Waals surface area contributed by atoms with Gasteiger partial charge in [0.05, 0.1) is 18.0 Å². The summed E-state index contributed by atoms with van der Waals surface area (Å²) in [6.45, 7) is 2.82. The number of ether oxygens (including phenoxy) is 2. The van der Waals surface area contributed by atoms with E-state index in [1.165, 1.54) is 6.08 Å². The van der Waals surface area contributed by atoms with Crippen molar-refractivity contribution in [2.24, 2.45) is 0 Å². The van der Waals surface area contributed by atoms with E-state index in [0.29, 0.717) is 10.9 Å². The van der Waals surface area contributed by atoms with Crippen LogP contribution in [0.15, 0.2) is 55.1 Å². The number of esters is 1. The summed E-state index contributed by atoms with van der Waals surface area (Å²) >= 11 is 0. The Morgan fingerprint density at radius 1 is 1.11 bits per heavy atom. The van der Waals surface area contributed by atoms with Gasteiger partial charge < -0.3 is 25.0 Å². The highest BCUT2D eigenvalue weighted by atomic mass is 16.6. The number of aliphatic hydroxyl groups is 1. The summed E-state index contributed by atoms with van der Waals surface area (Å²) in [6, 6.07) is 11.2. The number of aliphatic carboxylic acids is 1. The van der Waals surface area contributed by atoms with Crippen molar-refractivity contribution in [3.05, 3.63) is 60.7 Å². The summed E-state index contributed by atoms with van der Waals surface area (Å²) in [4.78, 5) is 35.0. The lowest BCUT2D eigenvalue weighted by Crippen LogP contribution is -2.47. The molecule has 148 valence electrons. The molecule has 8 nitrogen and oxygen atoms in total. The van der Waals surface area contributed by atoms with Crippen LogP contribution in [-0.4, -0.2) is 53.6 Å². The van der Waals surface area contributed by atoms with Crippen LogP contribution >= 0.6 is 0 Å². The number of carbonyl (C=O) groups excluding carboxylic acids is 2. The Bertz CT molecular complexity index is 859. The molecule has 0 aliphatic carbocycles. The minimum absolute atomic E-state index is 0.0716. The smallest absolute Gasteiger partial charge is 0.407 e. The van der Waals surface area contributed by atoms with Gasteiger partial charge in [-0.25, -0.2) is 9.59 Å². The molecule has 2 atom stereocenters. The number of fused-ring (bicyclic) bond motifs is 1. The van der Waals surface area contributed by atoms with Crippen molar-refractivity contribution in [3.63, 3.8) is 0 Å². The third-order valence-electron chi connectivity index (χ3n) is 3.89. The van der Waals surface area contributed by atoms with Crippen LogP contribution < -0.4 is 5.32 Å². The van der Waals surface area contributed by atoms with Crippen molar-refractivity contribution in [3.8, 4) is 0 Å². The summed E-state index contributed by atoms with van der Waals surface area (Å²) < 4.78 is 9.85. The van der Waals surface area contributed by atoms with Crippen molar-refractivity contribution < 1.29 is 34.1 Å². The fourth-order valence-corrected chi connectivity index (χ4v) is 2.56. The first-order valence-electron chi connectivity index (χ1n) is 8.51. The normalized spacial score (nSPS) is 12.6. The van der Waals surface area contributed by atoms with Gasteiger partial charge >= 0.3 is 18.0 Å². The average Bonchev–Trinajstić information content (AvgIpc) is 2.68. The summed E-state index contributed by atoms with van der Waals surface area (Å²) in [5, 5.41) is 23.0. The molecule has 28 heavy (non-hydrogen) atoms. The van der Waals surface area contributed by atoms with Gasteiger partial charge in [-0.05, 0) is 16.8 Å². The molecule has 0 aliphatic heterocycles. The van der Waals surface area contributed by atoms with Crippen LogP contribution in [0.3, 0.4) is 0 Å². The van der Waals surface area contributed by atoms with Crippen LogP contribution in [-0.2, 0) is 14.3 Å². The van der Waals surface area contributed by atoms with Gasteiger partial charge in [-0.3, -0.25) is 4.79 Å². The first-order valence-corrected chi connectivity index (χ1v) is 8.51. The number of carboxylic acid groups (broad SMARTS) is 1. The predicted octanol–water partition coefficient (Wildman–Crippen LogP) is 2.11. The van der Waals surface area contributed by atoms with Crippen molar-refractivity contribution in [1.82, 2.24) is 5.32 Å². The number of hydrogen-bond donors (Lipinski definition) is 3. The van der Waals surface area contributed by atoms with Crippen LogP contribution in [0.5, 0.6) is 0 Å². The zero-order valence-electron chi connectivity index (χ0n) is 15.0. The highest BCUT2D eigenvalue weighted by Crippen LogP contribution is 2.19. The Morgan fingerprint density at radius 2 is 1.82 bits per heavy atom. The molecule has 0 bridgehead atoms. The Balaban J connectivity index is 2.02. The number of benzene rings is 2. The number of carboxylic acids is 1. The van der Waals surface area contributed by atoms with Gasteiger partial charge in [-0.2, -0.15) is 0 Å². The van der Waals surface area contributed by atoms with Crippen molar-refractivity contribution in [1.29, 1.82) is 0 Å². The van der Waals surface area contributed by atoms with Gasteiger partial charge in [0.1, 0.15) is 19.3 Å². The lowest BCUT2D eigenvalue weighted by molar-refractivity contribution is -0.138. The average molecular weight is 387 g/mol. The molecule has 3 N–H and O–H groups in total. The van der Waals surface area contributed by atoms with E-state index >= 15 is 0 Å². The Morgan fingerprint density at radius 3 is 2.54 bits per heavy atom. The summed E-state index contributed by atoms with van der Waals surface area (Å²) in [5.41, 5.74) is 0.318. The molecule has 2 unspecified atom stereocenters. The topological polar surface area (TPSA) is 122 Å². The van der Waals surface area contributed by atoms with Crippen molar-refractivity contribution in [2.75, 3.05) is 13.2 Å². The standard InChI is InChI=1S/C20H21NO7/c1-2-10-27-20(26)21-16(11-18(23)24)17(22)12-28-19(25)15-9-5-7-13-6-3-4-8-14(13)15/h2-9,16-17,22H,1,10-12H2,(H,21,26)(H,23,24). The molecular formula is C20H21NO7. The predicted molar refractivity (Wildman–Crippen MR) is 101 cm³/mol. The summed E-state index contributed by atoms with van der Waals surface area (Å²) in [5.74, 6) is -1.91. The SMILES string of the molecule is C=CCOC(=O)NC(CC(=O)O)C(O)COC(=O)c1cccc2ccccc12. The number of hydrogen-bond acceptors (Lipinski definition) is 6. The molecule has 0 heterocycles. The number of alkyl carbamates (subject to hydrolysis) is 1. The summed E-state index contributed by atoms with van der Waals surface area (Å²) in [6.07, 6.45) is -1.58. The van der Waals surface area contributed by atoms with E-state index in [9.17, 15) is 19.5 Å². The minimum atomic E-state index is -1.44. The molecule has 0 saturated carbocycles. The van der Waals surface area contributed by atoms with E-state index in [1.807, 2.05) is 18.2 Å². The molecule has 2 rings (SSSR count). The Hall–Kier alpha value is -3.39. The lowest BCUT2D eigenvalue weighted by Gasteiger charge is -2.22. The van der Waals surface area contributed by atoms with Crippen LogP contribution in [0.1, 0.15) is 16.8 Å². The molecule has 2 aromatic rings. The third kappa shape index (κ3) is 5.82. The van der Waals surface area contributed by atoms with Gasteiger partial charge in [0.15, 0.2) is 0 Å². The Kier molecular flexibility index (Phi) is 7.53. The molecule has 8 heteroatoms. The molecule has 0 saturated heterocycles. The van der Waals surface area contributed by atoms with Crippen LogP contribution in [0.2, 0.25) is 0 Å². The molecule has 0 fully saturated rings. The second-order valence-corrected chi connectivity index (χ2v) is 5.93. The van der Waals surface area contributed by atoms with Crippen LogP contribution in [0.25, 0.3) is 10.8 Å². The second-order valence-electron chi connectivity index (χ2n) is 5.93. The molecule has 0 aromatic heterocycles. The van der Waals surface area contributed by atoms with Crippen molar-refractivity contribution >= 4 is 28.8 Å². The van der Waals surface area contributed by atoms with Gasteiger partial charge in [-0.1, -0.05) is 49.1 Å². The minimum Gasteiger partial charge on any atom is -0.481 e. The summed E-state index contributed by atoms with van der Waals surface area (Å²) in [7, 11) is 0. The molecule has 0 radical (unpaired) electrons. The maximum atomic E-state index is 12.4. The van der Waals surface area contributed by atoms with Gasteiger partial charge in [0, 0.05) is 0 Å². The maximum absolute atomic E-state index is 12.4. The second kappa shape index (κ2) is 10.1. The number of aliphatic hydroxyl groups excluding tert-OH is 1. The fraction of sp³-hybridized carbons (Fsp3) is 0.250. The fourth-order valence-electron chi connectivity index (χ4n) is 2.56. The lowest BCUT2D eigenvalue weighted by atomic mass is 10.0. The van der Waals surface area contributed by atoms with Crippen LogP contribution in [0.4, 0.5) is 4.79 Å². The highest BCUT2D eigenvalue weighted by Gasteiger charge is 2.26. The number of rotatable bonds is 9. The van der Waals surface area contributed by atoms with E-state index < -0.39 is 43.2 Å². The molecule has 0 aliphatic rings. The van der Waals surface area contributed by atoms with Crippen LogP contribution in [0, 0.1) is 0 Å². The molecule has 1 amide bonds. The number of carbonyl (C=O) groups is 3. The Labute approximate surface area is 161 Å². The first-order chi connectivity index (χ1) is 13.4. The molecular weight excluding hydrogens is 366 g/mol. The molecule has 0 spiro atoms. The zero-order valence-corrected chi connectivity index (χ0v) is 15.0. The zero-order chi connectivity index (χ0) is 20.5. The van der Waals surface area contributed by atoms with E-state index in [1.54, 1.807) is 24.3 Å². The van der Waals surface area contributed by atoms with Gasteiger partial charge in [0.2, 0.25) is 0 Å². The third-order valence-corrected chi connectivity index (χ3v) is 3.89. The van der Waals surface area contributed by atoms with E-state index in [4.69, 9.17) is 14.6 Å². The van der Waals surface area contributed by atoms with E-state index in [2.05, 4.69) is 11.9 Å². The van der Waals surface area contributed by atoms with E-state index in [0.717, 1.165) is 5.39 Å². The maximum Gasteiger partial charge on any atom is 0.407 e. The highest BCUT2D eigenvalue weighted by molar-refractivity contribution is 6.04. The number of nitrogens with one attached hydrogen (secondary N) is 1. The van der Waals surface area contributed by atoms with Gasteiger partial charge in [0.25, 0.3) is 0 Å². The monoisotopic (exact) mass is 387 g/mol. The number of amides is 1. The molecule has 2 aromatic carbocycles. The van der Waals surface area contributed by atoms with Gasteiger partial charge in [-0.15, -0.1) is 0 Å².